The summed E-state index contributed by atoms with van der Waals surface area (Å²) in [5.74, 6) is -4.31. The Kier molecular flexibility index (Phi) is 4.19. The number of anilines is 1. The second-order valence-electron chi connectivity index (χ2n) is 5.82. The molecule has 8 heteroatoms. The second-order valence-corrected chi connectivity index (χ2v) is 5.82. The molecule has 1 heterocycles. The first kappa shape index (κ1) is 17.0. The summed E-state index contributed by atoms with van der Waals surface area (Å²) in [5, 5.41) is 2.15. The van der Waals surface area contributed by atoms with Gasteiger partial charge in [-0.25, -0.2) is 0 Å². The molecule has 124 valence electrons. The molecule has 0 spiro atoms. The minimum absolute atomic E-state index is 0.139. The average molecular weight is 329 g/mol. The van der Waals surface area contributed by atoms with Gasteiger partial charge in [-0.05, 0) is 32.0 Å². The van der Waals surface area contributed by atoms with Gasteiger partial charge in [0.2, 0.25) is 5.91 Å². The van der Waals surface area contributed by atoms with Crippen LogP contribution in [0.25, 0.3) is 0 Å². The fourth-order valence-corrected chi connectivity index (χ4v) is 2.26. The van der Waals surface area contributed by atoms with Crippen molar-refractivity contribution in [1.29, 1.82) is 0 Å². The van der Waals surface area contributed by atoms with E-state index >= 15 is 0 Å². The number of Topliss-reactive ketones (excluding diaryl/α,β-unsaturated/α-hetero) is 1. The van der Waals surface area contributed by atoms with Crippen LogP contribution in [-0.2, 0) is 25.3 Å². The third-order valence-electron chi connectivity index (χ3n) is 3.25. The summed E-state index contributed by atoms with van der Waals surface area (Å²) < 4.78 is 42.9. The fraction of sp³-hybridized carbons (Fsp3) is 0.400. The SMILES string of the molecule is CC1(C)CC(=O)C(C(=O)Nc2cccc(C(F)(F)F)c2)C(=O)O1. The number of amides is 1. The van der Waals surface area contributed by atoms with E-state index in [0.29, 0.717) is 0 Å². The van der Waals surface area contributed by atoms with E-state index < -0.39 is 40.9 Å². The maximum absolute atomic E-state index is 12.6. The number of halogens is 3. The van der Waals surface area contributed by atoms with Crippen LogP contribution < -0.4 is 5.32 Å². The van der Waals surface area contributed by atoms with Crippen LogP contribution >= 0.6 is 0 Å². The topological polar surface area (TPSA) is 72.5 Å². The molecule has 1 saturated heterocycles. The van der Waals surface area contributed by atoms with E-state index in [1.807, 2.05) is 0 Å². The van der Waals surface area contributed by atoms with Gasteiger partial charge < -0.3 is 10.1 Å². The van der Waals surface area contributed by atoms with E-state index in [2.05, 4.69) is 5.32 Å². The van der Waals surface area contributed by atoms with Crippen molar-refractivity contribution in [2.45, 2.75) is 32.0 Å². The molecule has 1 aromatic rings. The van der Waals surface area contributed by atoms with Crippen LogP contribution in [0, 0.1) is 5.92 Å². The van der Waals surface area contributed by atoms with Crippen molar-refractivity contribution in [3.63, 3.8) is 0 Å². The number of cyclic esters (lactones) is 1. The van der Waals surface area contributed by atoms with Gasteiger partial charge in [0, 0.05) is 12.1 Å². The number of carbonyl (C=O) groups is 3. The molecule has 23 heavy (non-hydrogen) atoms. The molecule has 1 fully saturated rings. The molecule has 1 aliphatic rings. The quantitative estimate of drug-likeness (QED) is 0.668. The Bertz CT molecular complexity index is 647. The predicted molar refractivity (Wildman–Crippen MR) is 73.4 cm³/mol. The molecule has 1 unspecified atom stereocenters. The van der Waals surface area contributed by atoms with Crippen LogP contribution in [0.4, 0.5) is 18.9 Å². The van der Waals surface area contributed by atoms with Gasteiger partial charge >= 0.3 is 12.1 Å². The number of rotatable bonds is 2. The van der Waals surface area contributed by atoms with Gasteiger partial charge in [0.15, 0.2) is 11.7 Å². The summed E-state index contributed by atoms with van der Waals surface area (Å²) >= 11 is 0. The van der Waals surface area contributed by atoms with E-state index in [9.17, 15) is 27.6 Å². The van der Waals surface area contributed by atoms with Crippen LogP contribution in [0.15, 0.2) is 24.3 Å². The van der Waals surface area contributed by atoms with Crippen molar-refractivity contribution < 1.29 is 32.3 Å². The monoisotopic (exact) mass is 329 g/mol. The Labute approximate surface area is 129 Å². The van der Waals surface area contributed by atoms with Gasteiger partial charge in [-0.2, -0.15) is 13.2 Å². The lowest BCUT2D eigenvalue weighted by Crippen LogP contribution is -2.48. The largest absolute Gasteiger partial charge is 0.458 e. The molecule has 0 aromatic heterocycles. The zero-order valence-corrected chi connectivity index (χ0v) is 12.4. The minimum Gasteiger partial charge on any atom is -0.458 e. The smallest absolute Gasteiger partial charge is 0.416 e. The molecule has 5 nitrogen and oxygen atoms in total. The summed E-state index contributed by atoms with van der Waals surface area (Å²) in [6.07, 6.45) is -4.70. The molecule has 0 aliphatic carbocycles. The number of benzene rings is 1. The van der Waals surface area contributed by atoms with Crippen LogP contribution in [0.2, 0.25) is 0 Å². The predicted octanol–water partition coefficient (Wildman–Crippen LogP) is 2.55. The molecular formula is C15H14F3NO4. The van der Waals surface area contributed by atoms with Gasteiger partial charge in [0.05, 0.1) is 5.56 Å². The number of ether oxygens (including phenoxy) is 1. The molecular weight excluding hydrogens is 315 g/mol. The highest BCUT2D eigenvalue weighted by atomic mass is 19.4. The van der Waals surface area contributed by atoms with Gasteiger partial charge in [0.25, 0.3) is 0 Å². The zero-order chi connectivity index (χ0) is 17.4. The molecule has 1 amide bonds. The van der Waals surface area contributed by atoms with Crippen molar-refractivity contribution >= 4 is 23.3 Å². The lowest BCUT2D eigenvalue weighted by atomic mass is 9.89. The first-order valence-electron chi connectivity index (χ1n) is 6.73. The summed E-state index contributed by atoms with van der Waals surface area (Å²) in [7, 11) is 0. The number of hydrogen-bond acceptors (Lipinski definition) is 4. The Balaban J connectivity index is 2.17. The number of hydrogen-bond donors (Lipinski definition) is 1. The standard InChI is InChI=1S/C15H14F3NO4/c1-14(2)7-10(20)11(13(22)23-14)12(21)19-9-5-3-4-8(6-9)15(16,17)18/h3-6,11H,7H2,1-2H3,(H,19,21). The lowest BCUT2D eigenvalue weighted by Gasteiger charge is -2.32. The molecule has 1 aromatic carbocycles. The van der Waals surface area contributed by atoms with E-state index in [0.717, 1.165) is 18.2 Å². The lowest BCUT2D eigenvalue weighted by molar-refractivity contribution is -0.174. The highest BCUT2D eigenvalue weighted by Crippen LogP contribution is 2.31. The average Bonchev–Trinajstić information content (AvgIpc) is 2.35. The molecule has 0 bridgehead atoms. The fourth-order valence-electron chi connectivity index (χ4n) is 2.26. The number of nitrogens with one attached hydrogen (secondary N) is 1. The van der Waals surface area contributed by atoms with Gasteiger partial charge in [-0.15, -0.1) is 0 Å². The zero-order valence-electron chi connectivity index (χ0n) is 12.4. The second kappa shape index (κ2) is 5.68. The van der Waals surface area contributed by atoms with Crippen LogP contribution in [-0.4, -0.2) is 23.3 Å². The Morgan fingerprint density at radius 1 is 1.30 bits per heavy atom. The van der Waals surface area contributed by atoms with Crippen molar-refractivity contribution in [3.8, 4) is 0 Å². The molecule has 1 atom stereocenters. The molecule has 0 radical (unpaired) electrons. The normalized spacial score (nSPS) is 20.8. The highest BCUT2D eigenvalue weighted by Gasteiger charge is 2.45. The molecule has 2 rings (SSSR count). The number of esters is 1. The Hall–Kier alpha value is -2.38. The van der Waals surface area contributed by atoms with Crippen LogP contribution in [0.3, 0.4) is 0 Å². The van der Waals surface area contributed by atoms with Crippen molar-refractivity contribution in [2.75, 3.05) is 5.32 Å². The van der Waals surface area contributed by atoms with Crippen LogP contribution in [0.5, 0.6) is 0 Å². The number of carbonyl (C=O) groups excluding carboxylic acids is 3. The summed E-state index contributed by atoms with van der Waals surface area (Å²) in [6.45, 7) is 3.06. The Morgan fingerprint density at radius 3 is 2.52 bits per heavy atom. The highest BCUT2D eigenvalue weighted by molar-refractivity contribution is 6.21. The number of ketones is 1. The van der Waals surface area contributed by atoms with Crippen molar-refractivity contribution in [2.24, 2.45) is 5.92 Å². The van der Waals surface area contributed by atoms with Crippen molar-refractivity contribution in [1.82, 2.24) is 0 Å². The third kappa shape index (κ3) is 3.88. The van der Waals surface area contributed by atoms with Crippen molar-refractivity contribution in [3.05, 3.63) is 29.8 Å². The Morgan fingerprint density at radius 2 is 1.96 bits per heavy atom. The summed E-state index contributed by atoms with van der Waals surface area (Å²) in [5.41, 5.74) is -2.11. The maximum atomic E-state index is 12.6. The molecule has 0 saturated carbocycles. The number of alkyl halides is 3. The summed E-state index contributed by atoms with van der Waals surface area (Å²) in [4.78, 5) is 35.8. The van der Waals surface area contributed by atoms with E-state index in [4.69, 9.17) is 4.74 Å². The minimum atomic E-state index is -4.57. The van der Waals surface area contributed by atoms with Crippen LogP contribution in [0.1, 0.15) is 25.8 Å². The maximum Gasteiger partial charge on any atom is 0.416 e. The van der Waals surface area contributed by atoms with Gasteiger partial charge in [-0.1, -0.05) is 6.07 Å². The van der Waals surface area contributed by atoms with Gasteiger partial charge in [0.1, 0.15) is 5.60 Å². The van der Waals surface area contributed by atoms with E-state index in [-0.39, 0.29) is 12.1 Å². The molecule has 1 N–H and O–H groups in total. The van der Waals surface area contributed by atoms with Gasteiger partial charge in [-0.3, -0.25) is 14.4 Å². The molecule has 1 aliphatic heterocycles. The summed E-state index contributed by atoms with van der Waals surface area (Å²) in [6, 6.07) is 3.91. The first-order chi connectivity index (χ1) is 10.5. The van der Waals surface area contributed by atoms with E-state index in [1.165, 1.54) is 19.9 Å². The van der Waals surface area contributed by atoms with E-state index in [1.54, 1.807) is 0 Å². The third-order valence-corrected chi connectivity index (χ3v) is 3.25. The first-order valence-corrected chi connectivity index (χ1v) is 6.73.